The molecular formula is C24H28N2O8. The molecule has 1 aliphatic carbocycles. The Morgan fingerprint density at radius 2 is 1.88 bits per heavy atom. The van der Waals surface area contributed by atoms with Crippen molar-refractivity contribution in [2.45, 2.75) is 62.8 Å². The number of esters is 4. The largest absolute Gasteiger partial charge is 0.466 e. The summed E-state index contributed by atoms with van der Waals surface area (Å²) in [6.45, 7) is 2.38. The van der Waals surface area contributed by atoms with Crippen molar-refractivity contribution >= 4 is 23.9 Å². The number of nitriles is 1. The highest BCUT2D eigenvalue weighted by Gasteiger charge is 2.64. The maximum Gasteiger partial charge on any atom is 0.350 e. The summed E-state index contributed by atoms with van der Waals surface area (Å²) in [5.41, 5.74) is -2.27. The summed E-state index contributed by atoms with van der Waals surface area (Å²) in [4.78, 5) is 48.9. The van der Waals surface area contributed by atoms with Crippen molar-refractivity contribution in [3.8, 4) is 6.07 Å². The molecule has 0 amide bonds. The van der Waals surface area contributed by atoms with Gasteiger partial charge in [-0.2, -0.15) is 5.26 Å². The quantitative estimate of drug-likeness (QED) is 0.455. The molecule has 34 heavy (non-hydrogen) atoms. The summed E-state index contributed by atoms with van der Waals surface area (Å²) in [6.07, 6.45) is -0.974. The van der Waals surface area contributed by atoms with Gasteiger partial charge in [0.25, 0.3) is 0 Å². The van der Waals surface area contributed by atoms with E-state index in [2.05, 4.69) is 11.4 Å². The van der Waals surface area contributed by atoms with Crippen LogP contribution in [0.2, 0.25) is 0 Å². The Morgan fingerprint density at radius 1 is 1.18 bits per heavy atom. The number of methoxy groups -OCH3 is 1. The van der Waals surface area contributed by atoms with Crippen molar-refractivity contribution in [3.05, 3.63) is 35.9 Å². The van der Waals surface area contributed by atoms with Gasteiger partial charge in [-0.05, 0) is 18.4 Å². The normalized spacial score (nSPS) is 30.2. The summed E-state index contributed by atoms with van der Waals surface area (Å²) >= 11 is 0. The first-order valence-corrected chi connectivity index (χ1v) is 11.0. The third kappa shape index (κ3) is 5.04. The Bertz CT molecular complexity index is 990. The smallest absolute Gasteiger partial charge is 0.350 e. The highest BCUT2D eigenvalue weighted by molar-refractivity contribution is 5.84. The standard InChI is InChI=1S/C24H28N2O8/c1-15(27)32-10-9-18-12-23(22(30)31-3,34-16(2)28)13-20-24(18,14-25)26-19(21(29)33-20)11-17-7-5-4-6-8-17/h4-8,18-20,26H,9-13H2,1-3H3/t18-,19-,20+,23-,24+/m0/s1. The number of carbonyl (C=O) groups excluding carboxylic acids is 4. The second-order valence-electron chi connectivity index (χ2n) is 8.61. The van der Waals surface area contributed by atoms with Crippen molar-refractivity contribution in [1.82, 2.24) is 5.32 Å². The fraction of sp³-hybridized carbons (Fsp3) is 0.542. The molecule has 1 heterocycles. The Labute approximate surface area is 197 Å². The summed E-state index contributed by atoms with van der Waals surface area (Å²) < 4.78 is 21.2. The average molecular weight is 472 g/mol. The molecule has 0 unspecified atom stereocenters. The number of benzene rings is 1. The number of nitrogens with zero attached hydrogens (tertiary/aromatic N) is 1. The lowest BCUT2D eigenvalue weighted by Gasteiger charge is -2.53. The fourth-order valence-corrected chi connectivity index (χ4v) is 4.89. The monoisotopic (exact) mass is 472 g/mol. The SMILES string of the molecule is COC(=O)[C@]1(OC(C)=O)C[C@H](CCOC(C)=O)[C@@]2(C#N)N[C@@H](Cc3ccccc3)C(=O)O[C@@H]2C1. The average Bonchev–Trinajstić information content (AvgIpc) is 2.79. The predicted molar refractivity (Wildman–Crippen MR) is 116 cm³/mol. The van der Waals surface area contributed by atoms with E-state index < -0.39 is 53.1 Å². The summed E-state index contributed by atoms with van der Waals surface area (Å²) in [6, 6.07) is 10.7. The van der Waals surface area contributed by atoms with E-state index in [1.165, 1.54) is 6.92 Å². The molecule has 0 bridgehead atoms. The fourth-order valence-electron chi connectivity index (χ4n) is 4.89. The van der Waals surface area contributed by atoms with Gasteiger partial charge in [0.05, 0.1) is 19.8 Å². The van der Waals surface area contributed by atoms with Gasteiger partial charge >= 0.3 is 23.9 Å². The number of hydrogen-bond acceptors (Lipinski definition) is 10. The molecule has 182 valence electrons. The zero-order chi connectivity index (χ0) is 24.9. The molecule has 1 aromatic carbocycles. The number of ether oxygens (including phenoxy) is 4. The van der Waals surface area contributed by atoms with Crippen molar-refractivity contribution in [2.24, 2.45) is 5.92 Å². The van der Waals surface area contributed by atoms with Gasteiger partial charge in [0.2, 0.25) is 5.60 Å². The van der Waals surface area contributed by atoms with Crippen LogP contribution in [0, 0.1) is 17.2 Å². The van der Waals surface area contributed by atoms with E-state index in [4.69, 9.17) is 18.9 Å². The van der Waals surface area contributed by atoms with Crippen LogP contribution in [-0.4, -0.2) is 60.9 Å². The molecular weight excluding hydrogens is 444 g/mol. The van der Waals surface area contributed by atoms with E-state index in [0.717, 1.165) is 19.6 Å². The summed E-state index contributed by atoms with van der Waals surface area (Å²) in [5.74, 6) is -3.29. The minimum Gasteiger partial charge on any atom is -0.466 e. The van der Waals surface area contributed by atoms with Crippen LogP contribution in [0.5, 0.6) is 0 Å². The zero-order valence-electron chi connectivity index (χ0n) is 19.4. The topological polar surface area (TPSA) is 141 Å². The van der Waals surface area contributed by atoms with Gasteiger partial charge in [-0.25, -0.2) is 4.79 Å². The van der Waals surface area contributed by atoms with Gasteiger partial charge in [-0.3, -0.25) is 19.7 Å². The van der Waals surface area contributed by atoms with Gasteiger partial charge in [-0.15, -0.1) is 0 Å². The molecule has 1 N–H and O–H groups in total. The van der Waals surface area contributed by atoms with Crippen LogP contribution in [0.15, 0.2) is 30.3 Å². The number of nitrogens with one attached hydrogen (secondary N) is 1. The highest BCUT2D eigenvalue weighted by Crippen LogP contribution is 2.47. The first kappa shape index (κ1) is 25.2. The number of fused-ring (bicyclic) bond motifs is 1. The van der Waals surface area contributed by atoms with E-state index in [1.54, 1.807) is 0 Å². The molecule has 3 rings (SSSR count). The highest BCUT2D eigenvalue weighted by atomic mass is 16.6. The second kappa shape index (κ2) is 10.2. The lowest BCUT2D eigenvalue weighted by atomic mass is 9.63. The van der Waals surface area contributed by atoms with Crippen LogP contribution in [0.25, 0.3) is 0 Å². The van der Waals surface area contributed by atoms with E-state index in [1.807, 2.05) is 30.3 Å². The van der Waals surface area contributed by atoms with E-state index in [9.17, 15) is 24.4 Å². The van der Waals surface area contributed by atoms with Gasteiger partial charge < -0.3 is 18.9 Å². The van der Waals surface area contributed by atoms with E-state index >= 15 is 0 Å². The molecule has 10 nitrogen and oxygen atoms in total. The number of carbonyl (C=O) groups is 4. The number of rotatable bonds is 7. The Kier molecular flexibility index (Phi) is 7.57. The minimum absolute atomic E-state index is 0.0353. The van der Waals surface area contributed by atoms with Crippen LogP contribution in [0.4, 0.5) is 0 Å². The van der Waals surface area contributed by atoms with Crippen LogP contribution in [0.3, 0.4) is 0 Å². The predicted octanol–water partition coefficient (Wildman–Crippen LogP) is 1.21. The molecule has 2 fully saturated rings. The second-order valence-corrected chi connectivity index (χ2v) is 8.61. The number of hydrogen-bond donors (Lipinski definition) is 1. The van der Waals surface area contributed by atoms with Crippen LogP contribution in [-0.2, 0) is 44.5 Å². The molecule has 0 aromatic heterocycles. The molecule has 1 aliphatic heterocycles. The van der Waals surface area contributed by atoms with Gasteiger partial charge in [0, 0.05) is 32.6 Å². The Balaban J connectivity index is 1.98. The first-order chi connectivity index (χ1) is 16.2. The van der Waals surface area contributed by atoms with Crippen molar-refractivity contribution in [2.75, 3.05) is 13.7 Å². The van der Waals surface area contributed by atoms with Gasteiger partial charge in [0.1, 0.15) is 17.7 Å². The van der Waals surface area contributed by atoms with E-state index in [0.29, 0.717) is 6.42 Å². The van der Waals surface area contributed by atoms with Gasteiger partial charge in [0.15, 0.2) is 0 Å². The molecule has 2 aliphatic rings. The minimum atomic E-state index is -1.75. The third-order valence-corrected chi connectivity index (χ3v) is 6.33. The van der Waals surface area contributed by atoms with Gasteiger partial charge in [-0.1, -0.05) is 30.3 Å². The molecule has 0 radical (unpaired) electrons. The van der Waals surface area contributed by atoms with Crippen molar-refractivity contribution < 1.29 is 38.1 Å². The molecule has 1 aromatic rings. The summed E-state index contributed by atoms with van der Waals surface area (Å²) in [5, 5.41) is 13.5. The van der Waals surface area contributed by atoms with E-state index in [-0.39, 0.29) is 25.9 Å². The maximum absolute atomic E-state index is 12.9. The van der Waals surface area contributed by atoms with Crippen molar-refractivity contribution in [3.63, 3.8) is 0 Å². The van der Waals surface area contributed by atoms with Crippen molar-refractivity contribution in [1.29, 1.82) is 5.26 Å². The van der Waals surface area contributed by atoms with Crippen LogP contribution in [0.1, 0.15) is 38.7 Å². The maximum atomic E-state index is 12.9. The zero-order valence-corrected chi connectivity index (χ0v) is 19.4. The third-order valence-electron chi connectivity index (χ3n) is 6.33. The summed E-state index contributed by atoms with van der Waals surface area (Å²) in [7, 11) is 1.16. The molecule has 1 saturated heterocycles. The van der Waals surface area contributed by atoms with Crippen LogP contribution < -0.4 is 5.32 Å². The number of morpholine rings is 1. The molecule has 5 atom stereocenters. The molecule has 1 saturated carbocycles. The molecule has 10 heteroatoms. The Hall–Kier alpha value is -3.45. The first-order valence-electron chi connectivity index (χ1n) is 11.0. The lowest BCUT2D eigenvalue weighted by molar-refractivity contribution is -0.207. The Morgan fingerprint density at radius 3 is 2.47 bits per heavy atom. The molecule has 0 spiro atoms. The lowest BCUT2D eigenvalue weighted by Crippen LogP contribution is -2.74. The van der Waals surface area contributed by atoms with Crippen LogP contribution >= 0.6 is 0 Å².